The number of nitrogens with one attached hydrogen (secondary N) is 1. The quantitative estimate of drug-likeness (QED) is 0.451. The molecule has 0 radical (unpaired) electrons. The van der Waals surface area contributed by atoms with Gasteiger partial charge in [0.1, 0.15) is 0 Å². The van der Waals surface area contributed by atoms with Crippen LogP contribution in [-0.4, -0.2) is 33.6 Å². The van der Waals surface area contributed by atoms with E-state index in [2.05, 4.69) is 10.3 Å². The molecule has 1 aromatic rings. The highest BCUT2D eigenvalue weighted by Crippen LogP contribution is 2.07. The molecule has 0 spiro atoms. The van der Waals surface area contributed by atoms with Crippen LogP contribution in [0.2, 0.25) is 0 Å². The Morgan fingerprint density at radius 2 is 1.53 bits per heavy atom. The smallest absolute Gasteiger partial charge is 0.418 e. The van der Waals surface area contributed by atoms with E-state index in [0.717, 1.165) is 26.3 Å². The van der Waals surface area contributed by atoms with Gasteiger partial charge in [0, 0.05) is 25.2 Å². The molecule has 1 aliphatic heterocycles. The largest absolute Gasteiger partial charge is 0.673 e. The number of rotatable bonds is 0. The van der Waals surface area contributed by atoms with Gasteiger partial charge < -0.3 is 27.3 Å². The summed E-state index contributed by atoms with van der Waals surface area (Å²) in [6, 6.07) is 8.94. The first kappa shape index (κ1) is 17.3. The van der Waals surface area contributed by atoms with Crippen LogP contribution in [0.15, 0.2) is 30.3 Å². The fraction of sp³-hybridized carbons (Fsp3) is 0.400. The lowest BCUT2D eigenvalue weighted by Gasteiger charge is -2.10. The maximum Gasteiger partial charge on any atom is 0.673 e. The topological polar surface area (TPSA) is 49.4 Å². The van der Waals surface area contributed by atoms with Gasteiger partial charge in [-0.15, -0.1) is 0 Å². The minimum atomic E-state index is -6.00. The van der Waals surface area contributed by atoms with Crippen LogP contribution < -0.4 is 5.32 Å². The molecule has 1 saturated heterocycles. The monoisotopic (exact) mass is 279 g/mol. The van der Waals surface area contributed by atoms with Crippen molar-refractivity contribution in [2.75, 3.05) is 26.3 Å². The van der Waals surface area contributed by atoms with Gasteiger partial charge in [-0.05, 0) is 0 Å². The second-order valence-electron chi connectivity index (χ2n) is 3.29. The van der Waals surface area contributed by atoms with Crippen molar-refractivity contribution in [2.24, 2.45) is 0 Å². The molecule has 1 aliphatic rings. The molecule has 9 heteroatoms. The number of morpholine rings is 1. The van der Waals surface area contributed by atoms with Crippen molar-refractivity contribution >= 4 is 12.9 Å². The van der Waals surface area contributed by atoms with E-state index in [1.807, 2.05) is 18.2 Å². The molecule has 1 fully saturated rings. The van der Waals surface area contributed by atoms with Crippen LogP contribution in [0.4, 0.5) is 23.0 Å². The molecule has 19 heavy (non-hydrogen) atoms. The standard InChI is InChI=1S/C6H5N2.C4H9NO.BF4/c7-8-6-4-2-1-3-5-6;1-3-6-4-2-5-1;2-1(3,4)5/h1-5H;5H,1-4H2;/q+1;;-1. The molecular formula is C10H14BF4N3O. The van der Waals surface area contributed by atoms with E-state index in [1.165, 1.54) is 0 Å². The SMILES string of the molecule is C1COCCN1.F[B-](F)(F)F.N#[N+]c1ccccc1. The highest BCUT2D eigenvalue weighted by Gasteiger charge is 2.20. The predicted molar refractivity (Wildman–Crippen MR) is 65.1 cm³/mol. The zero-order chi connectivity index (χ0) is 14.6. The zero-order valence-electron chi connectivity index (χ0n) is 10.1. The Bertz CT molecular complexity index is 348. The van der Waals surface area contributed by atoms with Crippen molar-refractivity contribution in [1.29, 1.82) is 5.39 Å². The van der Waals surface area contributed by atoms with Crippen molar-refractivity contribution in [3.05, 3.63) is 35.3 Å². The summed E-state index contributed by atoms with van der Waals surface area (Å²) in [4.78, 5) is 2.97. The van der Waals surface area contributed by atoms with Gasteiger partial charge in [-0.1, -0.05) is 18.2 Å². The van der Waals surface area contributed by atoms with Crippen LogP contribution in [0.3, 0.4) is 0 Å². The summed E-state index contributed by atoms with van der Waals surface area (Å²) in [6.07, 6.45) is 0. The molecule has 0 bridgehead atoms. The van der Waals surface area contributed by atoms with Crippen molar-refractivity contribution in [2.45, 2.75) is 0 Å². The first-order valence-electron chi connectivity index (χ1n) is 5.49. The Morgan fingerprint density at radius 1 is 1.05 bits per heavy atom. The molecule has 106 valence electrons. The molecule has 0 aromatic heterocycles. The molecule has 1 N–H and O–H groups in total. The van der Waals surface area contributed by atoms with Gasteiger partial charge >= 0.3 is 12.9 Å². The van der Waals surface area contributed by atoms with Gasteiger partial charge in [0.15, 0.2) is 4.98 Å². The fourth-order valence-electron chi connectivity index (χ4n) is 1.01. The average Bonchev–Trinajstić information content (AvgIpc) is 2.40. The number of ether oxygens (including phenoxy) is 1. The van der Waals surface area contributed by atoms with Crippen molar-refractivity contribution in [3.8, 4) is 0 Å². The van der Waals surface area contributed by atoms with E-state index in [9.17, 15) is 17.3 Å². The Morgan fingerprint density at radius 3 is 1.74 bits per heavy atom. The van der Waals surface area contributed by atoms with Crippen molar-refractivity contribution < 1.29 is 22.0 Å². The molecule has 0 unspecified atom stereocenters. The third kappa shape index (κ3) is 16.3. The summed E-state index contributed by atoms with van der Waals surface area (Å²) in [7, 11) is -6.00. The second kappa shape index (κ2) is 10.3. The summed E-state index contributed by atoms with van der Waals surface area (Å²) in [5.41, 5.74) is 0.590. The first-order chi connectivity index (χ1) is 8.93. The van der Waals surface area contributed by atoms with Crippen LogP contribution in [0.25, 0.3) is 4.98 Å². The van der Waals surface area contributed by atoms with Crippen LogP contribution in [-0.2, 0) is 4.74 Å². The van der Waals surface area contributed by atoms with Crippen LogP contribution >= 0.6 is 0 Å². The third-order valence-electron chi connectivity index (χ3n) is 1.72. The highest BCUT2D eigenvalue weighted by molar-refractivity contribution is 6.50. The molecular weight excluding hydrogens is 265 g/mol. The number of hydrogen-bond donors (Lipinski definition) is 1. The van der Waals surface area contributed by atoms with Gasteiger partial charge in [-0.2, -0.15) is 0 Å². The number of nitrogens with zero attached hydrogens (tertiary/aromatic N) is 2. The van der Waals surface area contributed by atoms with Gasteiger partial charge in [-0.25, -0.2) is 0 Å². The van der Waals surface area contributed by atoms with E-state index in [-0.39, 0.29) is 0 Å². The molecule has 0 atom stereocenters. The van der Waals surface area contributed by atoms with Gasteiger partial charge in [0.25, 0.3) is 0 Å². The summed E-state index contributed by atoms with van der Waals surface area (Å²) in [6.45, 7) is 3.83. The average molecular weight is 279 g/mol. The minimum absolute atomic E-state index is 0.590. The van der Waals surface area contributed by atoms with Gasteiger partial charge in [0.05, 0.1) is 13.2 Å². The van der Waals surface area contributed by atoms with E-state index in [4.69, 9.17) is 10.1 Å². The number of halogens is 4. The van der Waals surface area contributed by atoms with E-state index >= 15 is 0 Å². The Balaban J connectivity index is 0.000000265. The van der Waals surface area contributed by atoms with Crippen LogP contribution in [0.5, 0.6) is 0 Å². The van der Waals surface area contributed by atoms with Gasteiger partial charge in [0.2, 0.25) is 5.39 Å². The predicted octanol–water partition coefficient (Wildman–Crippen LogP) is 3.08. The summed E-state index contributed by atoms with van der Waals surface area (Å²) >= 11 is 0. The molecule has 1 aromatic carbocycles. The fourth-order valence-corrected chi connectivity index (χ4v) is 1.01. The second-order valence-corrected chi connectivity index (χ2v) is 3.29. The van der Waals surface area contributed by atoms with E-state index in [0.29, 0.717) is 5.69 Å². The van der Waals surface area contributed by atoms with E-state index < -0.39 is 7.25 Å². The van der Waals surface area contributed by atoms with Crippen molar-refractivity contribution in [3.63, 3.8) is 0 Å². The maximum absolute atomic E-state index is 9.75. The summed E-state index contributed by atoms with van der Waals surface area (Å²) in [5, 5.41) is 11.3. The van der Waals surface area contributed by atoms with E-state index in [1.54, 1.807) is 12.1 Å². The normalized spacial score (nSPS) is 14.1. The molecule has 0 amide bonds. The lowest BCUT2D eigenvalue weighted by Crippen LogP contribution is -2.30. The minimum Gasteiger partial charge on any atom is -0.418 e. The zero-order valence-corrected chi connectivity index (χ0v) is 10.1. The Hall–Kier alpha value is -1.66. The van der Waals surface area contributed by atoms with Crippen molar-refractivity contribution in [1.82, 2.24) is 5.32 Å². The lowest BCUT2D eigenvalue weighted by molar-refractivity contribution is 0.109. The first-order valence-corrected chi connectivity index (χ1v) is 5.49. The van der Waals surface area contributed by atoms with Crippen LogP contribution in [0.1, 0.15) is 0 Å². The highest BCUT2D eigenvalue weighted by atomic mass is 19.5. The molecule has 1 heterocycles. The number of benzene rings is 1. The number of hydrogen-bond acceptors (Lipinski definition) is 3. The molecule has 2 rings (SSSR count). The molecule has 0 aliphatic carbocycles. The molecule has 4 nitrogen and oxygen atoms in total. The van der Waals surface area contributed by atoms with Gasteiger partial charge in [-0.3, -0.25) is 0 Å². The Labute approximate surface area is 108 Å². The summed E-state index contributed by atoms with van der Waals surface area (Å²) in [5.74, 6) is 0. The maximum atomic E-state index is 9.75. The molecule has 0 saturated carbocycles. The van der Waals surface area contributed by atoms with Crippen LogP contribution in [0, 0.1) is 5.39 Å². The lowest BCUT2D eigenvalue weighted by atomic mass is 10.3. The Kier molecular flexibility index (Phi) is 9.39. The summed E-state index contributed by atoms with van der Waals surface area (Å²) < 4.78 is 44.0. The third-order valence-corrected chi connectivity index (χ3v) is 1.72. The number of diazo groups is 1.